The molecule has 2 atom stereocenters. The van der Waals surface area contributed by atoms with Gasteiger partial charge >= 0.3 is 5.97 Å². The Morgan fingerprint density at radius 2 is 2.25 bits per heavy atom. The molecule has 0 N–H and O–H groups in total. The molecule has 1 saturated carbocycles. The van der Waals surface area contributed by atoms with Gasteiger partial charge in [-0.2, -0.15) is 0 Å². The van der Waals surface area contributed by atoms with Gasteiger partial charge in [0, 0.05) is 18.8 Å². The molecule has 1 rings (SSSR count). The summed E-state index contributed by atoms with van der Waals surface area (Å²) in [7, 11) is 1.39. The highest BCUT2D eigenvalue weighted by Crippen LogP contribution is 2.34. The van der Waals surface area contributed by atoms with Gasteiger partial charge in [0.15, 0.2) is 0 Å². The molecular formula is C13H20O3. The third-order valence-electron chi connectivity index (χ3n) is 3.19. The summed E-state index contributed by atoms with van der Waals surface area (Å²) in [6, 6.07) is 0. The topological polar surface area (TPSA) is 43.4 Å². The fourth-order valence-corrected chi connectivity index (χ4v) is 2.25. The van der Waals surface area contributed by atoms with Crippen molar-refractivity contribution in [3.8, 4) is 0 Å². The highest BCUT2D eigenvalue weighted by molar-refractivity contribution is 5.84. The third-order valence-corrected chi connectivity index (χ3v) is 3.19. The normalized spacial score (nSPS) is 25.2. The molecule has 0 radical (unpaired) electrons. The second-order valence-electron chi connectivity index (χ2n) is 4.27. The molecule has 3 heteroatoms. The van der Waals surface area contributed by atoms with Gasteiger partial charge in [0.2, 0.25) is 0 Å². The lowest BCUT2D eigenvalue weighted by molar-refractivity contribution is -0.142. The molecule has 3 nitrogen and oxygen atoms in total. The first-order valence-electron chi connectivity index (χ1n) is 5.93. The SMILES string of the molecule is CC/C=C/CC1C(=O)CCC1CC(=O)OC. The molecule has 0 spiro atoms. The largest absolute Gasteiger partial charge is 0.469 e. The van der Waals surface area contributed by atoms with E-state index in [4.69, 9.17) is 0 Å². The van der Waals surface area contributed by atoms with E-state index in [1.165, 1.54) is 7.11 Å². The Bertz CT molecular complexity index is 281. The summed E-state index contributed by atoms with van der Waals surface area (Å²) in [5.41, 5.74) is 0. The van der Waals surface area contributed by atoms with Gasteiger partial charge < -0.3 is 4.74 Å². The van der Waals surface area contributed by atoms with Crippen LogP contribution in [0.2, 0.25) is 0 Å². The summed E-state index contributed by atoms with van der Waals surface area (Å²) in [6.45, 7) is 2.07. The van der Waals surface area contributed by atoms with Crippen LogP contribution in [-0.2, 0) is 14.3 Å². The van der Waals surface area contributed by atoms with Crippen LogP contribution < -0.4 is 0 Å². The van der Waals surface area contributed by atoms with E-state index in [0.717, 1.165) is 19.3 Å². The minimum Gasteiger partial charge on any atom is -0.469 e. The van der Waals surface area contributed by atoms with E-state index in [0.29, 0.717) is 18.6 Å². The quantitative estimate of drug-likeness (QED) is 0.532. The molecule has 0 aromatic rings. The van der Waals surface area contributed by atoms with Crippen molar-refractivity contribution in [3.05, 3.63) is 12.2 Å². The first kappa shape index (κ1) is 12.9. The van der Waals surface area contributed by atoms with Crippen LogP contribution in [0.4, 0.5) is 0 Å². The maximum absolute atomic E-state index is 11.7. The average Bonchev–Trinajstić information content (AvgIpc) is 2.61. The first-order valence-corrected chi connectivity index (χ1v) is 5.93. The number of ketones is 1. The molecule has 1 aliphatic rings. The van der Waals surface area contributed by atoms with Gasteiger partial charge in [-0.1, -0.05) is 19.1 Å². The Morgan fingerprint density at radius 1 is 1.50 bits per heavy atom. The number of carbonyl (C=O) groups excluding carboxylic acids is 2. The highest BCUT2D eigenvalue weighted by atomic mass is 16.5. The van der Waals surface area contributed by atoms with E-state index in [2.05, 4.69) is 23.8 Å². The zero-order valence-electron chi connectivity index (χ0n) is 10.1. The van der Waals surface area contributed by atoms with E-state index < -0.39 is 0 Å². The second kappa shape index (κ2) is 6.46. The van der Waals surface area contributed by atoms with Crippen LogP contribution in [0.15, 0.2) is 12.2 Å². The molecule has 2 unspecified atom stereocenters. The summed E-state index contributed by atoms with van der Waals surface area (Å²) in [5.74, 6) is 0.308. The van der Waals surface area contributed by atoms with Crippen molar-refractivity contribution in [1.82, 2.24) is 0 Å². The standard InChI is InChI=1S/C13H20O3/c1-3-4-5-6-11-10(7-8-12(11)14)9-13(15)16-2/h4-5,10-11H,3,6-9H2,1-2H3/b5-4+. The maximum Gasteiger partial charge on any atom is 0.305 e. The first-order chi connectivity index (χ1) is 7.69. The van der Waals surface area contributed by atoms with Crippen molar-refractivity contribution < 1.29 is 14.3 Å². The van der Waals surface area contributed by atoms with Crippen LogP contribution in [0.5, 0.6) is 0 Å². The molecule has 0 aromatic heterocycles. The Labute approximate surface area is 96.9 Å². The maximum atomic E-state index is 11.7. The number of Topliss-reactive ketones (excluding diaryl/α,β-unsaturated/α-hetero) is 1. The Morgan fingerprint density at radius 3 is 2.88 bits per heavy atom. The summed E-state index contributed by atoms with van der Waals surface area (Å²) in [5, 5.41) is 0. The highest BCUT2D eigenvalue weighted by Gasteiger charge is 2.34. The molecule has 16 heavy (non-hydrogen) atoms. The van der Waals surface area contributed by atoms with Gasteiger partial charge in [-0.25, -0.2) is 0 Å². The lowest BCUT2D eigenvalue weighted by Gasteiger charge is -2.15. The third kappa shape index (κ3) is 3.47. The predicted octanol–water partition coefficient (Wildman–Crippen LogP) is 2.50. The van der Waals surface area contributed by atoms with E-state index in [-0.39, 0.29) is 17.8 Å². The monoisotopic (exact) mass is 224 g/mol. The fourth-order valence-electron chi connectivity index (χ4n) is 2.25. The molecule has 0 aromatic carbocycles. The van der Waals surface area contributed by atoms with Gasteiger partial charge in [-0.3, -0.25) is 9.59 Å². The number of allylic oxidation sites excluding steroid dienone is 2. The summed E-state index contributed by atoms with van der Waals surface area (Å²) in [4.78, 5) is 22.9. The number of carbonyl (C=O) groups is 2. The van der Waals surface area contributed by atoms with Gasteiger partial charge in [-0.05, 0) is 25.2 Å². The van der Waals surface area contributed by atoms with Gasteiger partial charge in [0.1, 0.15) is 5.78 Å². The van der Waals surface area contributed by atoms with Crippen LogP contribution >= 0.6 is 0 Å². The minimum absolute atomic E-state index is 0.0295. The number of esters is 1. The van der Waals surface area contributed by atoms with Crippen LogP contribution in [0, 0.1) is 11.8 Å². The Balaban J connectivity index is 2.52. The van der Waals surface area contributed by atoms with Crippen molar-refractivity contribution in [1.29, 1.82) is 0 Å². The van der Waals surface area contributed by atoms with Crippen LogP contribution in [0.25, 0.3) is 0 Å². The number of ether oxygens (including phenoxy) is 1. The van der Waals surface area contributed by atoms with Gasteiger partial charge in [0.05, 0.1) is 7.11 Å². The van der Waals surface area contributed by atoms with Crippen molar-refractivity contribution in [2.24, 2.45) is 11.8 Å². The van der Waals surface area contributed by atoms with E-state index in [1.807, 2.05) is 0 Å². The van der Waals surface area contributed by atoms with E-state index in [9.17, 15) is 9.59 Å². The molecule has 1 fully saturated rings. The second-order valence-corrected chi connectivity index (χ2v) is 4.27. The average molecular weight is 224 g/mol. The van der Waals surface area contributed by atoms with E-state index >= 15 is 0 Å². The number of hydrogen-bond donors (Lipinski definition) is 0. The molecule has 0 aliphatic heterocycles. The predicted molar refractivity (Wildman–Crippen MR) is 61.9 cm³/mol. The molecule has 1 aliphatic carbocycles. The van der Waals surface area contributed by atoms with Crippen molar-refractivity contribution >= 4 is 11.8 Å². The number of methoxy groups -OCH3 is 1. The summed E-state index contributed by atoms with van der Waals surface area (Å²) < 4.78 is 4.65. The van der Waals surface area contributed by atoms with Crippen molar-refractivity contribution in [2.75, 3.05) is 7.11 Å². The van der Waals surface area contributed by atoms with Gasteiger partial charge in [0.25, 0.3) is 0 Å². The lowest BCUT2D eigenvalue weighted by Crippen LogP contribution is -2.18. The smallest absolute Gasteiger partial charge is 0.305 e. The van der Waals surface area contributed by atoms with E-state index in [1.54, 1.807) is 0 Å². The molecule has 0 saturated heterocycles. The fraction of sp³-hybridized carbons (Fsp3) is 0.692. The Hall–Kier alpha value is -1.12. The number of hydrogen-bond acceptors (Lipinski definition) is 3. The molecule has 0 amide bonds. The van der Waals surface area contributed by atoms with Crippen LogP contribution in [-0.4, -0.2) is 18.9 Å². The summed E-state index contributed by atoms with van der Waals surface area (Å²) in [6.07, 6.45) is 7.72. The van der Waals surface area contributed by atoms with Crippen LogP contribution in [0.3, 0.4) is 0 Å². The lowest BCUT2D eigenvalue weighted by atomic mass is 9.89. The molecule has 0 bridgehead atoms. The van der Waals surface area contributed by atoms with Crippen molar-refractivity contribution in [3.63, 3.8) is 0 Å². The zero-order chi connectivity index (χ0) is 12.0. The van der Waals surface area contributed by atoms with Gasteiger partial charge in [-0.15, -0.1) is 0 Å². The number of rotatable bonds is 5. The summed E-state index contributed by atoms with van der Waals surface area (Å²) >= 11 is 0. The minimum atomic E-state index is -0.204. The molecule has 0 heterocycles. The van der Waals surface area contributed by atoms with Crippen molar-refractivity contribution in [2.45, 2.75) is 39.0 Å². The van der Waals surface area contributed by atoms with Crippen LogP contribution in [0.1, 0.15) is 39.0 Å². The molecule has 90 valence electrons. The molecular weight excluding hydrogens is 204 g/mol. The Kier molecular flexibility index (Phi) is 5.23. The zero-order valence-corrected chi connectivity index (χ0v) is 10.1.